The average molecular weight is 296 g/mol. The van der Waals surface area contributed by atoms with Gasteiger partial charge in [-0.1, -0.05) is 15.9 Å². The van der Waals surface area contributed by atoms with Crippen LogP contribution in [0.5, 0.6) is 5.75 Å². The van der Waals surface area contributed by atoms with Gasteiger partial charge in [0, 0.05) is 10.0 Å². The normalized spacial score (nSPS) is 12.5. The number of rotatable bonds is 3. The van der Waals surface area contributed by atoms with Crippen molar-refractivity contribution in [1.82, 2.24) is 0 Å². The van der Waals surface area contributed by atoms with Crippen molar-refractivity contribution in [3.8, 4) is 5.75 Å². The molecule has 90 valence electrons. The molecule has 0 saturated heterocycles. The van der Waals surface area contributed by atoms with Crippen LogP contribution in [0, 0.1) is 6.92 Å². The van der Waals surface area contributed by atoms with Crippen LogP contribution < -0.4 is 10.5 Å². The Kier molecular flexibility index (Phi) is 3.54. The van der Waals surface area contributed by atoms with Gasteiger partial charge in [0.25, 0.3) is 0 Å². The van der Waals surface area contributed by atoms with Crippen LogP contribution in [0.1, 0.15) is 23.1 Å². The van der Waals surface area contributed by atoms with Crippen molar-refractivity contribution in [3.63, 3.8) is 0 Å². The van der Waals surface area contributed by atoms with E-state index in [4.69, 9.17) is 14.9 Å². The fraction of sp³-hybridized carbons (Fsp3) is 0.231. The highest BCUT2D eigenvalue weighted by Gasteiger charge is 2.17. The molecule has 0 radical (unpaired) electrons. The van der Waals surface area contributed by atoms with E-state index in [9.17, 15) is 0 Å². The number of ether oxygens (including phenoxy) is 1. The van der Waals surface area contributed by atoms with E-state index >= 15 is 0 Å². The standard InChI is InChI=1S/C13H14BrNO2/c1-8-3-5-12(17-8)13(15)10-7-9(14)4-6-11(10)16-2/h3-7,13H,15H2,1-2H3. The predicted octanol–water partition coefficient (Wildman–Crippen LogP) is 3.41. The van der Waals surface area contributed by atoms with Crippen molar-refractivity contribution in [2.75, 3.05) is 7.11 Å². The summed E-state index contributed by atoms with van der Waals surface area (Å²) in [6, 6.07) is 9.22. The molecule has 0 spiro atoms. The van der Waals surface area contributed by atoms with Crippen LogP contribution in [0.4, 0.5) is 0 Å². The Balaban J connectivity index is 2.42. The summed E-state index contributed by atoms with van der Waals surface area (Å²) in [6.45, 7) is 1.90. The molecule has 0 saturated carbocycles. The highest BCUT2D eigenvalue weighted by molar-refractivity contribution is 9.10. The van der Waals surface area contributed by atoms with E-state index in [2.05, 4.69) is 15.9 Å². The van der Waals surface area contributed by atoms with Crippen molar-refractivity contribution in [2.45, 2.75) is 13.0 Å². The van der Waals surface area contributed by atoms with Crippen LogP contribution in [0.2, 0.25) is 0 Å². The third-order valence-corrected chi connectivity index (χ3v) is 3.09. The van der Waals surface area contributed by atoms with Gasteiger partial charge in [0.2, 0.25) is 0 Å². The molecule has 1 atom stereocenters. The number of aryl methyl sites for hydroxylation is 1. The Morgan fingerprint density at radius 3 is 2.65 bits per heavy atom. The monoisotopic (exact) mass is 295 g/mol. The lowest BCUT2D eigenvalue weighted by molar-refractivity contribution is 0.401. The summed E-state index contributed by atoms with van der Waals surface area (Å²) >= 11 is 3.43. The maximum absolute atomic E-state index is 6.18. The number of furan rings is 1. The minimum absolute atomic E-state index is 0.323. The lowest BCUT2D eigenvalue weighted by Gasteiger charge is -2.14. The van der Waals surface area contributed by atoms with Crippen molar-refractivity contribution in [1.29, 1.82) is 0 Å². The van der Waals surface area contributed by atoms with Gasteiger partial charge in [0.05, 0.1) is 13.2 Å². The topological polar surface area (TPSA) is 48.4 Å². The van der Waals surface area contributed by atoms with Crippen molar-refractivity contribution in [2.24, 2.45) is 5.73 Å². The Morgan fingerprint density at radius 2 is 2.06 bits per heavy atom. The Hall–Kier alpha value is -1.26. The van der Waals surface area contributed by atoms with Crippen LogP contribution in [-0.2, 0) is 0 Å². The first kappa shape index (κ1) is 12.2. The van der Waals surface area contributed by atoms with Crippen LogP contribution in [0.15, 0.2) is 39.2 Å². The first-order valence-corrected chi connectivity index (χ1v) is 6.06. The molecule has 0 aliphatic rings. The zero-order valence-electron chi connectivity index (χ0n) is 9.74. The number of hydrogen-bond donors (Lipinski definition) is 1. The maximum atomic E-state index is 6.18. The third kappa shape index (κ3) is 2.53. The number of hydrogen-bond acceptors (Lipinski definition) is 3. The molecule has 1 unspecified atom stereocenters. The molecule has 0 fully saturated rings. The molecule has 2 aromatic rings. The molecule has 3 nitrogen and oxygen atoms in total. The first-order chi connectivity index (χ1) is 8.11. The van der Waals surface area contributed by atoms with Crippen LogP contribution in [0.3, 0.4) is 0 Å². The second-order valence-corrected chi connectivity index (χ2v) is 4.73. The molecule has 1 aromatic carbocycles. The summed E-state index contributed by atoms with van der Waals surface area (Å²) < 4.78 is 11.8. The summed E-state index contributed by atoms with van der Waals surface area (Å²) in [5.41, 5.74) is 7.08. The van der Waals surface area contributed by atoms with E-state index in [1.165, 1.54) is 0 Å². The molecular formula is C13H14BrNO2. The van der Waals surface area contributed by atoms with Crippen LogP contribution in [0.25, 0.3) is 0 Å². The van der Waals surface area contributed by atoms with Crippen LogP contribution >= 0.6 is 15.9 Å². The molecule has 0 aliphatic heterocycles. The quantitative estimate of drug-likeness (QED) is 0.944. The zero-order valence-corrected chi connectivity index (χ0v) is 11.3. The molecular weight excluding hydrogens is 282 g/mol. The Bertz CT molecular complexity index is 522. The van der Waals surface area contributed by atoms with Crippen molar-refractivity contribution < 1.29 is 9.15 Å². The molecule has 17 heavy (non-hydrogen) atoms. The molecule has 4 heteroatoms. The Morgan fingerprint density at radius 1 is 1.29 bits per heavy atom. The SMILES string of the molecule is COc1ccc(Br)cc1C(N)c1ccc(C)o1. The number of methoxy groups -OCH3 is 1. The average Bonchev–Trinajstić information content (AvgIpc) is 2.75. The third-order valence-electron chi connectivity index (χ3n) is 2.59. The summed E-state index contributed by atoms with van der Waals surface area (Å²) in [4.78, 5) is 0. The highest BCUT2D eigenvalue weighted by Crippen LogP contribution is 2.31. The summed E-state index contributed by atoms with van der Waals surface area (Å²) in [5, 5.41) is 0. The summed E-state index contributed by atoms with van der Waals surface area (Å²) in [7, 11) is 1.63. The second-order valence-electron chi connectivity index (χ2n) is 3.81. The van der Waals surface area contributed by atoms with Gasteiger partial charge < -0.3 is 14.9 Å². The maximum Gasteiger partial charge on any atom is 0.125 e. The molecule has 0 bridgehead atoms. The Labute approximate surface area is 109 Å². The first-order valence-electron chi connectivity index (χ1n) is 5.27. The van der Waals surface area contributed by atoms with E-state index in [1.54, 1.807) is 7.11 Å². The molecule has 1 aromatic heterocycles. The fourth-order valence-corrected chi connectivity index (χ4v) is 2.10. The van der Waals surface area contributed by atoms with Crippen molar-refractivity contribution >= 4 is 15.9 Å². The molecule has 2 N–H and O–H groups in total. The van der Waals surface area contributed by atoms with Gasteiger partial charge >= 0.3 is 0 Å². The molecule has 2 rings (SSSR count). The number of benzene rings is 1. The van der Waals surface area contributed by atoms with Crippen LogP contribution in [-0.4, -0.2) is 7.11 Å². The van der Waals surface area contributed by atoms with Crippen molar-refractivity contribution in [3.05, 3.63) is 51.9 Å². The smallest absolute Gasteiger partial charge is 0.125 e. The fourth-order valence-electron chi connectivity index (χ4n) is 1.72. The van der Waals surface area contributed by atoms with E-state index < -0.39 is 0 Å². The van der Waals surface area contributed by atoms with Gasteiger partial charge in [-0.2, -0.15) is 0 Å². The number of halogens is 1. The largest absolute Gasteiger partial charge is 0.496 e. The molecule has 0 aliphatic carbocycles. The predicted molar refractivity (Wildman–Crippen MR) is 70.2 cm³/mol. The van der Waals surface area contributed by atoms with Gasteiger partial charge in [-0.05, 0) is 37.3 Å². The number of nitrogens with two attached hydrogens (primary N) is 1. The van der Waals surface area contributed by atoms with Gasteiger partial charge in [0.1, 0.15) is 17.3 Å². The van der Waals surface area contributed by atoms with E-state index in [1.807, 2.05) is 37.3 Å². The summed E-state index contributed by atoms with van der Waals surface area (Å²) in [6.07, 6.45) is 0. The molecule has 0 amide bonds. The van der Waals surface area contributed by atoms with E-state index in [-0.39, 0.29) is 6.04 Å². The van der Waals surface area contributed by atoms with Gasteiger partial charge in [-0.3, -0.25) is 0 Å². The molecule has 1 heterocycles. The highest BCUT2D eigenvalue weighted by atomic mass is 79.9. The lowest BCUT2D eigenvalue weighted by Crippen LogP contribution is -2.12. The minimum atomic E-state index is -0.323. The second kappa shape index (κ2) is 4.94. The zero-order chi connectivity index (χ0) is 12.4. The van der Waals surface area contributed by atoms with E-state index in [0.29, 0.717) is 0 Å². The minimum Gasteiger partial charge on any atom is -0.496 e. The van der Waals surface area contributed by atoms with Gasteiger partial charge in [0.15, 0.2) is 0 Å². The van der Waals surface area contributed by atoms with Gasteiger partial charge in [-0.25, -0.2) is 0 Å². The van der Waals surface area contributed by atoms with Gasteiger partial charge in [-0.15, -0.1) is 0 Å². The summed E-state index contributed by atoms with van der Waals surface area (Å²) in [5.74, 6) is 2.35. The van der Waals surface area contributed by atoms with E-state index in [0.717, 1.165) is 27.3 Å². The lowest BCUT2D eigenvalue weighted by atomic mass is 10.0.